The van der Waals surface area contributed by atoms with Gasteiger partial charge in [0, 0.05) is 5.56 Å². The predicted octanol–water partition coefficient (Wildman–Crippen LogP) is 3.87. The normalized spacial score (nSPS) is 11.3. The van der Waals surface area contributed by atoms with Gasteiger partial charge in [-0.3, -0.25) is 5.10 Å². The van der Waals surface area contributed by atoms with E-state index in [0.29, 0.717) is 10.9 Å². The first-order valence-electron chi connectivity index (χ1n) is 5.27. The second-order valence-electron chi connectivity index (χ2n) is 3.65. The van der Waals surface area contributed by atoms with Crippen LogP contribution >= 0.6 is 23.4 Å². The third-order valence-corrected chi connectivity index (χ3v) is 3.38. The van der Waals surface area contributed by atoms with Crippen molar-refractivity contribution in [3.05, 3.63) is 28.8 Å². The van der Waals surface area contributed by atoms with E-state index in [9.17, 15) is 13.2 Å². The van der Waals surface area contributed by atoms with Crippen molar-refractivity contribution in [3.63, 3.8) is 0 Å². The van der Waals surface area contributed by atoms with Crippen LogP contribution in [0.4, 0.5) is 13.2 Å². The number of halogens is 4. The molecule has 0 spiro atoms. The van der Waals surface area contributed by atoms with E-state index in [2.05, 4.69) is 21.1 Å². The molecule has 0 aliphatic carbocycles. The maximum absolute atomic E-state index is 12.7. The average Bonchev–Trinajstić information content (AvgIpc) is 2.84. The van der Waals surface area contributed by atoms with E-state index >= 15 is 0 Å². The molecule has 3 nitrogen and oxygen atoms in total. The highest BCUT2D eigenvalue weighted by Crippen LogP contribution is 2.35. The lowest BCUT2D eigenvalue weighted by molar-refractivity contribution is -0.137. The molecule has 0 fully saturated rings. The first-order valence-corrected chi connectivity index (χ1v) is 6.64. The number of aromatic amines is 1. The molecule has 0 atom stereocenters. The molecular formula is C12H7ClF3N3S. The van der Waals surface area contributed by atoms with Crippen molar-refractivity contribution in [1.29, 1.82) is 0 Å². The van der Waals surface area contributed by atoms with E-state index in [-0.39, 0.29) is 16.4 Å². The number of terminal acetylenes is 1. The molecule has 0 saturated heterocycles. The third kappa shape index (κ3) is 3.26. The van der Waals surface area contributed by atoms with Crippen LogP contribution in [0.3, 0.4) is 0 Å². The summed E-state index contributed by atoms with van der Waals surface area (Å²) in [7, 11) is 0. The van der Waals surface area contributed by atoms with Crippen LogP contribution in [0.1, 0.15) is 5.56 Å². The molecule has 0 unspecified atom stereocenters. The SMILES string of the molecule is C#CCSc1n[nH]c(-c2cc(C(F)(F)F)ccc2Cl)n1. The molecule has 1 aromatic carbocycles. The molecule has 1 heterocycles. The number of H-pyrrole nitrogens is 1. The highest BCUT2D eigenvalue weighted by Gasteiger charge is 2.31. The number of hydrogen-bond donors (Lipinski definition) is 1. The first kappa shape index (κ1) is 14.8. The second kappa shape index (κ2) is 5.77. The van der Waals surface area contributed by atoms with E-state index in [1.165, 1.54) is 17.8 Å². The van der Waals surface area contributed by atoms with Gasteiger partial charge in [0.25, 0.3) is 0 Å². The minimum Gasteiger partial charge on any atom is -0.258 e. The third-order valence-electron chi connectivity index (χ3n) is 2.30. The monoisotopic (exact) mass is 317 g/mol. The van der Waals surface area contributed by atoms with E-state index < -0.39 is 11.7 Å². The van der Waals surface area contributed by atoms with Crippen molar-refractivity contribution in [2.45, 2.75) is 11.3 Å². The Labute approximate surface area is 121 Å². The van der Waals surface area contributed by atoms with Gasteiger partial charge in [-0.05, 0) is 18.2 Å². The minimum absolute atomic E-state index is 0.140. The lowest BCUT2D eigenvalue weighted by Crippen LogP contribution is -2.04. The van der Waals surface area contributed by atoms with Crippen LogP contribution in [0.25, 0.3) is 11.4 Å². The number of hydrogen-bond acceptors (Lipinski definition) is 3. The molecular weight excluding hydrogens is 311 g/mol. The summed E-state index contributed by atoms with van der Waals surface area (Å²) in [6, 6.07) is 3.02. The highest BCUT2D eigenvalue weighted by molar-refractivity contribution is 7.99. The molecule has 2 rings (SSSR count). The Balaban J connectivity index is 2.37. The molecule has 104 valence electrons. The van der Waals surface area contributed by atoms with Gasteiger partial charge in [0.2, 0.25) is 5.16 Å². The Bertz CT molecular complexity index is 661. The summed E-state index contributed by atoms with van der Waals surface area (Å²) in [6.45, 7) is 0. The zero-order valence-electron chi connectivity index (χ0n) is 9.83. The zero-order chi connectivity index (χ0) is 14.8. The molecule has 0 saturated carbocycles. The van der Waals surface area contributed by atoms with Gasteiger partial charge in [-0.15, -0.1) is 11.5 Å². The van der Waals surface area contributed by atoms with Gasteiger partial charge in [0.05, 0.1) is 16.3 Å². The fraction of sp³-hybridized carbons (Fsp3) is 0.167. The Kier molecular flexibility index (Phi) is 4.26. The standard InChI is InChI=1S/C12H7ClF3N3S/c1-2-5-20-11-17-10(18-19-11)8-6-7(12(14,15)16)3-4-9(8)13/h1,3-4,6H,5H2,(H,17,18,19). The van der Waals surface area contributed by atoms with Gasteiger partial charge >= 0.3 is 6.18 Å². The Morgan fingerprint density at radius 1 is 1.40 bits per heavy atom. The average molecular weight is 318 g/mol. The summed E-state index contributed by atoms with van der Waals surface area (Å²) in [4.78, 5) is 4.05. The Hall–Kier alpha value is -1.65. The second-order valence-corrected chi connectivity index (χ2v) is 5.00. The van der Waals surface area contributed by atoms with Crippen molar-refractivity contribution in [3.8, 4) is 23.7 Å². The lowest BCUT2D eigenvalue weighted by atomic mass is 10.1. The Morgan fingerprint density at radius 3 is 2.80 bits per heavy atom. The fourth-order valence-corrected chi connectivity index (χ4v) is 2.11. The van der Waals surface area contributed by atoms with Gasteiger partial charge in [-0.25, -0.2) is 4.98 Å². The summed E-state index contributed by atoms with van der Waals surface area (Å²) in [5.41, 5.74) is -0.660. The highest BCUT2D eigenvalue weighted by atomic mass is 35.5. The topological polar surface area (TPSA) is 41.6 Å². The van der Waals surface area contributed by atoms with Crippen LogP contribution in [-0.4, -0.2) is 20.9 Å². The fourth-order valence-electron chi connectivity index (χ4n) is 1.42. The molecule has 8 heteroatoms. The van der Waals surface area contributed by atoms with Crippen LogP contribution in [0.15, 0.2) is 23.4 Å². The molecule has 20 heavy (non-hydrogen) atoms. The number of alkyl halides is 3. The smallest absolute Gasteiger partial charge is 0.258 e. The maximum atomic E-state index is 12.7. The van der Waals surface area contributed by atoms with Crippen LogP contribution in [0, 0.1) is 12.3 Å². The molecule has 2 aromatic rings. The molecule has 0 amide bonds. The number of rotatable bonds is 3. The van der Waals surface area contributed by atoms with Crippen LogP contribution in [-0.2, 0) is 6.18 Å². The lowest BCUT2D eigenvalue weighted by Gasteiger charge is -2.08. The zero-order valence-corrected chi connectivity index (χ0v) is 11.4. The summed E-state index contributed by atoms with van der Waals surface area (Å²) in [5.74, 6) is 2.94. The summed E-state index contributed by atoms with van der Waals surface area (Å²) < 4.78 is 38.0. The van der Waals surface area contributed by atoms with Gasteiger partial charge < -0.3 is 0 Å². The summed E-state index contributed by atoms with van der Waals surface area (Å²) in [5, 5.41) is 6.91. The summed E-state index contributed by atoms with van der Waals surface area (Å²) in [6.07, 6.45) is 0.659. The minimum atomic E-state index is -4.44. The number of nitrogens with one attached hydrogen (secondary N) is 1. The van der Waals surface area contributed by atoms with Crippen molar-refractivity contribution in [2.24, 2.45) is 0 Å². The largest absolute Gasteiger partial charge is 0.416 e. The predicted molar refractivity (Wildman–Crippen MR) is 71.4 cm³/mol. The molecule has 1 N–H and O–H groups in total. The number of benzene rings is 1. The van der Waals surface area contributed by atoms with Crippen molar-refractivity contribution >= 4 is 23.4 Å². The van der Waals surface area contributed by atoms with Gasteiger partial charge in [0.1, 0.15) is 0 Å². The first-order chi connectivity index (χ1) is 9.41. The van der Waals surface area contributed by atoms with Gasteiger partial charge in [-0.1, -0.05) is 29.3 Å². The van der Waals surface area contributed by atoms with Crippen molar-refractivity contribution in [2.75, 3.05) is 5.75 Å². The molecule has 0 aliphatic rings. The quantitative estimate of drug-likeness (QED) is 0.690. The molecule has 1 aromatic heterocycles. The molecule has 0 radical (unpaired) electrons. The van der Waals surface area contributed by atoms with E-state index in [4.69, 9.17) is 18.0 Å². The number of thioether (sulfide) groups is 1. The van der Waals surface area contributed by atoms with Crippen LogP contribution < -0.4 is 0 Å². The van der Waals surface area contributed by atoms with E-state index in [0.717, 1.165) is 12.1 Å². The van der Waals surface area contributed by atoms with Crippen molar-refractivity contribution in [1.82, 2.24) is 15.2 Å². The number of nitrogens with zero attached hydrogens (tertiary/aromatic N) is 2. The van der Waals surface area contributed by atoms with Gasteiger partial charge in [0.15, 0.2) is 5.82 Å². The Morgan fingerprint density at radius 2 is 2.15 bits per heavy atom. The number of aromatic nitrogens is 3. The molecule has 0 bridgehead atoms. The van der Waals surface area contributed by atoms with Crippen LogP contribution in [0.5, 0.6) is 0 Å². The van der Waals surface area contributed by atoms with E-state index in [1.54, 1.807) is 0 Å². The van der Waals surface area contributed by atoms with Crippen LogP contribution in [0.2, 0.25) is 5.02 Å². The van der Waals surface area contributed by atoms with Crippen molar-refractivity contribution < 1.29 is 13.2 Å². The van der Waals surface area contributed by atoms with E-state index in [1.807, 2.05) is 0 Å². The van der Waals surface area contributed by atoms with Gasteiger partial charge in [-0.2, -0.15) is 13.2 Å². The summed E-state index contributed by atoms with van der Waals surface area (Å²) >= 11 is 7.10. The molecule has 0 aliphatic heterocycles. The maximum Gasteiger partial charge on any atom is 0.416 e.